The van der Waals surface area contributed by atoms with E-state index in [9.17, 15) is 14.9 Å². The first-order valence-corrected chi connectivity index (χ1v) is 8.23. The molecule has 2 unspecified atom stereocenters. The molecule has 2 atom stereocenters. The van der Waals surface area contributed by atoms with Gasteiger partial charge in [0.05, 0.1) is 16.5 Å². The number of rotatable bonds is 3. The number of carbonyl (C=O) groups excluding carboxylic acids is 1. The van der Waals surface area contributed by atoms with Gasteiger partial charge in [0.2, 0.25) is 0 Å². The number of hydrogen-bond donors (Lipinski definition) is 0. The average Bonchev–Trinajstić information content (AvgIpc) is 2.97. The lowest BCUT2D eigenvalue weighted by atomic mass is 9.87. The number of nitro benzene ring substituents is 1. The summed E-state index contributed by atoms with van der Waals surface area (Å²) in [7, 11) is 0. The molecule has 1 amide bonds. The van der Waals surface area contributed by atoms with Crippen LogP contribution in [0.5, 0.6) is 0 Å². The van der Waals surface area contributed by atoms with E-state index in [2.05, 4.69) is 4.90 Å². The highest BCUT2D eigenvalue weighted by atomic mass is 16.6. The van der Waals surface area contributed by atoms with Crippen molar-refractivity contribution in [1.29, 1.82) is 0 Å². The van der Waals surface area contributed by atoms with Gasteiger partial charge >= 0.3 is 0 Å². The number of nitro groups is 1. The first-order valence-electron chi connectivity index (χ1n) is 8.23. The van der Waals surface area contributed by atoms with E-state index in [0.717, 1.165) is 12.8 Å². The molecule has 3 fully saturated rings. The molecule has 5 heteroatoms. The number of likely N-dealkylation sites (tertiary alicyclic amines) is 1. The Kier molecular flexibility index (Phi) is 2.99. The van der Waals surface area contributed by atoms with Gasteiger partial charge in [0, 0.05) is 17.7 Å². The molecule has 0 radical (unpaired) electrons. The summed E-state index contributed by atoms with van der Waals surface area (Å²) < 4.78 is 0. The number of non-ortho nitro benzene ring substituents is 1. The zero-order valence-corrected chi connectivity index (χ0v) is 12.5. The van der Waals surface area contributed by atoms with Crippen molar-refractivity contribution in [3.8, 4) is 0 Å². The van der Waals surface area contributed by atoms with Crippen LogP contribution in [-0.2, 0) is 0 Å². The van der Waals surface area contributed by atoms with E-state index in [1.165, 1.54) is 44.2 Å². The van der Waals surface area contributed by atoms with Crippen molar-refractivity contribution < 1.29 is 9.72 Å². The molecule has 0 aromatic heterocycles. The maximum Gasteiger partial charge on any atom is 0.269 e. The standard InChI is InChI=1S/C17H20N2O3/c20-16(12-7-9-14(10-8-12)19(21)22)18-15-6-3-11-17(15,18)13-4-1-2-5-13/h7-10,13,15H,1-6,11H2. The van der Waals surface area contributed by atoms with Crippen molar-refractivity contribution in [3.05, 3.63) is 39.9 Å². The van der Waals surface area contributed by atoms with Gasteiger partial charge in [-0.1, -0.05) is 12.8 Å². The zero-order valence-electron chi connectivity index (χ0n) is 12.5. The molecule has 0 N–H and O–H groups in total. The average molecular weight is 300 g/mol. The van der Waals surface area contributed by atoms with E-state index in [0.29, 0.717) is 17.5 Å². The highest BCUT2D eigenvalue weighted by Crippen LogP contribution is 2.61. The van der Waals surface area contributed by atoms with Gasteiger partial charge in [0.1, 0.15) is 0 Å². The summed E-state index contributed by atoms with van der Waals surface area (Å²) in [5.74, 6) is 0.730. The van der Waals surface area contributed by atoms with Gasteiger partial charge in [-0.3, -0.25) is 14.9 Å². The van der Waals surface area contributed by atoms with Gasteiger partial charge in [0.15, 0.2) is 0 Å². The summed E-state index contributed by atoms with van der Waals surface area (Å²) in [6.07, 6.45) is 8.57. The SMILES string of the molecule is O=C(c1ccc([N+](=O)[O-])cc1)N1C2CCCC21C1CCCC1. The van der Waals surface area contributed by atoms with Crippen molar-refractivity contribution >= 4 is 11.6 Å². The Morgan fingerprint density at radius 1 is 1.14 bits per heavy atom. The van der Waals surface area contributed by atoms with Gasteiger partial charge in [-0.05, 0) is 50.2 Å². The Morgan fingerprint density at radius 3 is 2.45 bits per heavy atom. The molecule has 1 saturated heterocycles. The third-order valence-electron chi connectivity index (χ3n) is 5.93. The van der Waals surface area contributed by atoms with Crippen molar-refractivity contribution in [3.63, 3.8) is 0 Å². The topological polar surface area (TPSA) is 63.2 Å². The van der Waals surface area contributed by atoms with Crippen LogP contribution in [0.15, 0.2) is 24.3 Å². The van der Waals surface area contributed by atoms with Crippen molar-refractivity contribution in [2.75, 3.05) is 0 Å². The van der Waals surface area contributed by atoms with Crippen LogP contribution in [0, 0.1) is 16.0 Å². The van der Waals surface area contributed by atoms with Crippen molar-refractivity contribution in [2.24, 2.45) is 5.92 Å². The Balaban J connectivity index is 1.57. The van der Waals surface area contributed by atoms with Crippen LogP contribution in [0.25, 0.3) is 0 Å². The van der Waals surface area contributed by atoms with Crippen LogP contribution >= 0.6 is 0 Å². The molecule has 2 aliphatic carbocycles. The molecule has 3 aliphatic rings. The van der Waals surface area contributed by atoms with Gasteiger partial charge < -0.3 is 4.90 Å². The number of benzene rings is 1. The quantitative estimate of drug-likeness (QED) is 0.487. The molecule has 116 valence electrons. The fourth-order valence-corrected chi connectivity index (χ4v) is 4.95. The molecule has 0 spiro atoms. The van der Waals surface area contributed by atoms with Gasteiger partial charge in [0.25, 0.3) is 11.6 Å². The number of carbonyl (C=O) groups is 1. The summed E-state index contributed by atoms with van der Waals surface area (Å²) in [5, 5.41) is 10.7. The molecule has 4 rings (SSSR count). The maximum atomic E-state index is 12.8. The molecular formula is C17H20N2O3. The van der Waals surface area contributed by atoms with E-state index < -0.39 is 4.92 Å². The summed E-state index contributed by atoms with van der Waals surface area (Å²) in [4.78, 5) is 25.2. The molecule has 1 aromatic rings. The van der Waals surface area contributed by atoms with E-state index in [-0.39, 0.29) is 17.1 Å². The summed E-state index contributed by atoms with van der Waals surface area (Å²) in [6, 6.07) is 6.45. The largest absolute Gasteiger partial charge is 0.325 e. The number of nitrogens with zero attached hydrogens (tertiary/aromatic N) is 2. The molecular weight excluding hydrogens is 280 g/mol. The van der Waals surface area contributed by atoms with Crippen LogP contribution < -0.4 is 0 Å². The molecule has 1 aromatic carbocycles. The van der Waals surface area contributed by atoms with Gasteiger partial charge in [-0.2, -0.15) is 0 Å². The van der Waals surface area contributed by atoms with Crippen molar-refractivity contribution in [1.82, 2.24) is 4.90 Å². The maximum absolute atomic E-state index is 12.8. The van der Waals surface area contributed by atoms with E-state index in [1.54, 1.807) is 12.1 Å². The molecule has 2 saturated carbocycles. The predicted molar refractivity (Wildman–Crippen MR) is 81.6 cm³/mol. The van der Waals surface area contributed by atoms with Crippen LogP contribution in [0.3, 0.4) is 0 Å². The normalized spacial score (nSPS) is 30.4. The minimum Gasteiger partial charge on any atom is -0.325 e. The summed E-state index contributed by atoms with van der Waals surface area (Å²) in [5.41, 5.74) is 0.737. The highest BCUT2D eigenvalue weighted by Gasteiger charge is 2.70. The Labute approximate surface area is 129 Å². The van der Waals surface area contributed by atoms with E-state index in [4.69, 9.17) is 0 Å². The van der Waals surface area contributed by atoms with Crippen LogP contribution in [0.1, 0.15) is 55.3 Å². The fraction of sp³-hybridized carbons (Fsp3) is 0.588. The minimum absolute atomic E-state index is 0.0352. The van der Waals surface area contributed by atoms with Crippen LogP contribution in [-0.4, -0.2) is 27.3 Å². The second kappa shape index (κ2) is 4.80. The Hall–Kier alpha value is -1.91. The molecule has 1 aliphatic heterocycles. The molecule has 5 nitrogen and oxygen atoms in total. The first kappa shape index (κ1) is 13.7. The van der Waals surface area contributed by atoms with Crippen LogP contribution in [0.2, 0.25) is 0 Å². The zero-order chi connectivity index (χ0) is 15.3. The Morgan fingerprint density at radius 2 is 1.82 bits per heavy atom. The van der Waals surface area contributed by atoms with Crippen LogP contribution in [0.4, 0.5) is 5.69 Å². The number of piperidine rings is 1. The lowest BCUT2D eigenvalue weighted by Crippen LogP contribution is -2.30. The summed E-state index contributed by atoms with van der Waals surface area (Å²) >= 11 is 0. The number of hydrogen-bond acceptors (Lipinski definition) is 3. The van der Waals surface area contributed by atoms with E-state index >= 15 is 0 Å². The number of amides is 1. The lowest BCUT2D eigenvalue weighted by molar-refractivity contribution is -0.384. The second-order valence-electron chi connectivity index (χ2n) is 6.86. The third-order valence-corrected chi connectivity index (χ3v) is 5.93. The van der Waals surface area contributed by atoms with Crippen molar-refractivity contribution in [2.45, 2.75) is 56.5 Å². The lowest BCUT2D eigenvalue weighted by Gasteiger charge is -2.23. The molecule has 0 bridgehead atoms. The minimum atomic E-state index is -0.430. The monoisotopic (exact) mass is 300 g/mol. The highest BCUT2D eigenvalue weighted by molar-refractivity contribution is 5.97. The second-order valence-corrected chi connectivity index (χ2v) is 6.86. The molecule has 1 heterocycles. The van der Waals surface area contributed by atoms with Gasteiger partial charge in [-0.25, -0.2) is 0 Å². The smallest absolute Gasteiger partial charge is 0.269 e. The van der Waals surface area contributed by atoms with E-state index in [1.807, 2.05) is 0 Å². The fourth-order valence-electron chi connectivity index (χ4n) is 4.95. The predicted octanol–water partition coefficient (Wildman–Crippen LogP) is 3.53. The number of fused-ring (bicyclic) bond motifs is 1. The summed E-state index contributed by atoms with van der Waals surface area (Å²) in [6.45, 7) is 0. The first-order chi connectivity index (χ1) is 10.6. The van der Waals surface area contributed by atoms with Gasteiger partial charge in [-0.15, -0.1) is 0 Å². The molecule has 22 heavy (non-hydrogen) atoms. The third kappa shape index (κ3) is 1.81. The Bertz CT molecular complexity index is 621.